The number of para-hydroxylation sites is 1. The largest absolute Gasteiger partial charge is 0.343 e. The number of nitrogens with one attached hydrogen (secondary N) is 2. The maximum atomic E-state index is 13.9. The van der Waals surface area contributed by atoms with Crippen molar-refractivity contribution in [3.63, 3.8) is 0 Å². The first-order chi connectivity index (χ1) is 20.6. The van der Waals surface area contributed by atoms with Gasteiger partial charge in [-0.3, -0.25) is 9.59 Å². The van der Waals surface area contributed by atoms with E-state index >= 15 is 0 Å². The van der Waals surface area contributed by atoms with Crippen molar-refractivity contribution < 1.29 is 9.59 Å². The maximum absolute atomic E-state index is 13.9. The van der Waals surface area contributed by atoms with E-state index in [4.69, 9.17) is 5.73 Å². The average molecular weight is 558 g/mol. The highest BCUT2D eigenvalue weighted by Gasteiger charge is 2.32. The molecule has 9 heteroatoms. The van der Waals surface area contributed by atoms with Crippen LogP contribution in [0.5, 0.6) is 0 Å². The molecule has 9 nitrogen and oxygen atoms in total. The quantitative estimate of drug-likeness (QED) is 0.264. The Bertz CT molecular complexity index is 1670. The van der Waals surface area contributed by atoms with Crippen molar-refractivity contribution in [2.75, 3.05) is 4.90 Å². The molecule has 0 unspecified atom stereocenters. The topological polar surface area (TPSA) is 130 Å². The number of rotatable bonds is 8. The number of nitrogens with two attached hydrogens (primary N) is 1. The first kappa shape index (κ1) is 27.0. The number of aryl methyl sites for hydroxylation is 1. The van der Waals surface area contributed by atoms with Crippen molar-refractivity contribution in [1.29, 1.82) is 0 Å². The second-order valence-electron chi connectivity index (χ2n) is 10.4. The average Bonchev–Trinajstić information content (AvgIpc) is 3.54. The number of anilines is 1. The van der Waals surface area contributed by atoms with Gasteiger partial charge in [0, 0.05) is 11.3 Å². The number of tetrazole rings is 1. The number of fused-ring (bicyclic) bond motifs is 1. The molecule has 1 aliphatic heterocycles. The Balaban J connectivity index is 1.22. The van der Waals surface area contributed by atoms with E-state index in [9.17, 15) is 9.59 Å². The molecule has 0 bridgehead atoms. The summed E-state index contributed by atoms with van der Waals surface area (Å²) in [5.74, 6) is 0.124. The van der Waals surface area contributed by atoms with Crippen LogP contribution in [0.25, 0.3) is 22.5 Å². The van der Waals surface area contributed by atoms with E-state index in [0.717, 1.165) is 39.1 Å². The molecule has 2 heterocycles. The summed E-state index contributed by atoms with van der Waals surface area (Å²) < 4.78 is 0. The zero-order valence-electron chi connectivity index (χ0n) is 23.0. The van der Waals surface area contributed by atoms with Gasteiger partial charge in [-0.15, -0.1) is 5.10 Å². The smallest absolute Gasteiger partial charge is 0.249 e. The molecule has 4 aromatic carbocycles. The van der Waals surface area contributed by atoms with Gasteiger partial charge in [0.2, 0.25) is 11.8 Å². The van der Waals surface area contributed by atoms with Gasteiger partial charge in [0.15, 0.2) is 5.82 Å². The van der Waals surface area contributed by atoms with Gasteiger partial charge in [0.25, 0.3) is 0 Å². The highest BCUT2D eigenvalue weighted by molar-refractivity contribution is 6.01. The van der Waals surface area contributed by atoms with Crippen LogP contribution in [0.3, 0.4) is 0 Å². The Morgan fingerprint density at radius 1 is 0.905 bits per heavy atom. The Hall–Kier alpha value is -5.15. The van der Waals surface area contributed by atoms with E-state index in [-0.39, 0.29) is 11.8 Å². The first-order valence-electron chi connectivity index (χ1n) is 14.0. The van der Waals surface area contributed by atoms with E-state index < -0.39 is 12.1 Å². The van der Waals surface area contributed by atoms with Crippen LogP contribution >= 0.6 is 0 Å². The summed E-state index contributed by atoms with van der Waals surface area (Å²) in [6.07, 6.45) is 1.58. The SMILES string of the molecule is N[C@H](Cc1ccccc1)C(=O)N[C@@H]1CCc2ccccc2N(Cc2ccc(-c3ccccc3-c3nnn[nH]3)cc2)C1=O. The summed E-state index contributed by atoms with van der Waals surface area (Å²) in [6, 6.07) is 32.2. The van der Waals surface area contributed by atoms with Gasteiger partial charge in [0.1, 0.15) is 6.04 Å². The van der Waals surface area contributed by atoms with Crippen molar-refractivity contribution in [3.8, 4) is 22.5 Å². The second kappa shape index (κ2) is 12.2. The fraction of sp³-hybridized carbons (Fsp3) is 0.182. The highest BCUT2D eigenvalue weighted by atomic mass is 16.2. The molecule has 1 aliphatic rings. The van der Waals surface area contributed by atoms with Crippen LogP contribution in [0.4, 0.5) is 5.69 Å². The Morgan fingerprint density at radius 2 is 1.62 bits per heavy atom. The molecule has 5 aromatic rings. The zero-order valence-corrected chi connectivity index (χ0v) is 23.0. The molecule has 0 aliphatic carbocycles. The van der Waals surface area contributed by atoms with Gasteiger partial charge in [0.05, 0.1) is 12.6 Å². The van der Waals surface area contributed by atoms with Crippen molar-refractivity contribution >= 4 is 17.5 Å². The summed E-state index contributed by atoms with van der Waals surface area (Å²) in [6.45, 7) is 0.367. The maximum Gasteiger partial charge on any atom is 0.249 e. The molecule has 42 heavy (non-hydrogen) atoms. The molecule has 0 radical (unpaired) electrons. The van der Waals surface area contributed by atoms with Crippen LogP contribution in [0.15, 0.2) is 103 Å². The van der Waals surface area contributed by atoms with Crippen LogP contribution < -0.4 is 16.0 Å². The number of benzene rings is 4. The third-order valence-corrected chi connectivity index (χ3v) is 7.63. The van der Waals surface area contributed by atoms with Crippen LogP contribution in [0, 0.1) is 0 Å². The lowest BCUT2D eigenvalue weighted by atomic mass is 9.98. The Morgan fingerprint density at radius 3 is 2.38 bits per heavy atom. The van der Waals surface area contributed by atoms with Crippen molar-refractivity contribution in [3.05, 3.63) is 120 Å². The molecule has 1 aromatic heterocycles. The highest BCUT2D eigenvalue weighted by Crippen LogP contribution is 2.32. The summed E-state index contributed by atoms with van der Waals surface area (Å²) in [4.78, 5) is 28.8. The predicted molar refractivity (Wildman–Crippen MR) is 161 cm³/mol. The zero-order chi connectivity index (χ0) is 28.9. The number of hydrogen-bond acceptors (Lipinski definition) is 6. The Labute approximate surface area is 243 Å². The molecule has 0 fully saturated rings. The standard InChI is InChI=1S/C33H31N7O2/c34-28(20-22-8-2-1-3-9-22)32(41)35-29-19-18-25-10-4-7-13-30(25)40(33(29)42)21-23-14-16-24(17-15-23)26-11-5-6-12-27(26)31-36-38-39-37-31/h1-17,28-29H,18-21,34H2,(H,35,41)(H,36,37,38,39)/t28-,29-/m1/s1. The summed E-state index contributed by atoms with van der Waals surface area (Å²) in [5, 5.41) is 17.3. The van der Waals surface area contributed by atoms with Crippen LogP contribution in [0.1, 0.15) is 23.1 Å². The normalized spacial score (nSPS) is 15.5. The van der Waals surface area contributed by atoms with Crippen LogP contribution in [-0.4, -0.2) is 44.5 Å². The fourth-order valence-corrected chi connectivity index (χ4v) is 5.44. The number of nitrogens with zero attached hydrogens (tertiary/aromatic N) is 4. The molecule has 210 valence electrons. The van der Waals surface area contributed by atoms with Crippen LogP contribution in [-0.2, 0) is 29.0 Å². The minimum absolute atomic E-state index is 0.146. The molecule has 0 spiro atoms. The number of hydrogen-bond donors (Lipinski definition) is 3. The number of H-pyrrole nitrogens is 1. The fourth-order valence-electron chi connectivity index (χ4n) is 5.44. The molecule has 0 saturated heterocycles. The van der Waals surface area contributed by atoms with Gasteiger partial charge < -0.3 is 16.0 Å². The van der Waals surface area contributed by atoms with Gasteiger partial charge in [-0.1, -0.05) is 97.1 Å². The lowest BCUT2D eigenvalue weighted by Gasteiger charge is -2.27. The number of carbonyl (C=O) groups excluding carboxylic acids is 2. The monoisotopic (exact) mass is 557 g/mol. The molecule has 0 saturated carbocycles. The van der Waals surface area contributed by atoms with E-state index in [1.54, 1.807) is 4.90 Å². The second-order valence-corrected chi connectivity index (χ2v) is 10.4. The van der Waals surface area contributed by atoms with E-state index in [0.29, 0.717) is 31.6 Å². The van der Waals surface area contributed by atoms with Gasteiger partial charge in [-0.2, -0.15) is 0 Å². The van der Waals surface area contributed by atoms with Gasteiger partial charge >= 0.3 is 0 Å². The summed E-state index contributed by atoms with van der Waals surface area (Å²) in [5.41, 5.74) is 13.0. The van der Waals surface area contributed by atoms with Crippen molar-refractivity contribution in [2.45, 2.75) is 37.9 Å². The number of carbonyl (C=O) groups is 2. The van der Waals surface area contributed by atoms with E-state index in [2.05, 4.69) is 25.9 Å². The van der Waals surface area contributed by atoms with Crippen LogP contribution in [0.2, 0.25) is 0 Å². The van der Waals surface area contributed by atoms with Crippen molar-refractivity contribution in [2.24, 2.45) is 5.73 Å². The third kappa shape index (κ3) is 5.82. The van der Waals surface area contributed by atoms with Gasteiger partial charge in [-0.25, -0.2) is 5.10 Å². The third-order valence-electron chi connectivity index (χ3n) is 7.63. The minimum Gasteiger partial charge on any atom is -0.343 e. The summed E-state index contributed by atoms with van der Waals surface area (Å²) >= 11 is 0. The van der Waals surface area contributed by atoms with Crippen molar-refractivity contribution in [1.82, 2.24) is 25.9 Å². The molecule has 2 atom stereocenters. The van der Waals surface area contributed by atoms with Gasteiger partial charge in [-0.05, 0) is 63.6 Å². The lowest BCUT2D eigenvalue weighted by Crippen LogP contribution is -2.52. The Kier molecular flexibility index (Phi) is 7.83. The summed E-state index contributed by atoms with van der Waals surface area (Å²) in [7, 11) is 0. The number of aromatic amines is 1. The molecular weight excluding hydrogens is 526 g/mol. The molecule has 4 N–H and O–H groups in total. The predicted octanol–water partition coefficient (Wildman–Crippen LogP) is 4.07. The number of aromatic nitrogens is 4. The molecule has 2 amide bonds. The number of amides is 2. The molecular formula is C33H31N7O2. The lowest BCUT2D eigenvalue weighted by molar-refractivity contribution is -0.128. The minimum atomic E-state index is -0.748. The van der Waals surface area contributed by atoms with E-state index in [1.807, 2.05) is 103 Å². The first-order valence-corrected chi connectivity index (χ1v) is 14.0. The molecule has 6 rings (SSSR count). The van der Waals surface area contributed by atoms with E-state index in [1.165, 1.54) is 0 Å².